The van der Waals surface area contributed by atoms with E-state index < -0.39 is 0 Å². The number of hydrogen-bond donors (Lipinski definition) is 1. The number of fused-ring (bicyclic) bond motifs is 1. The lowest BCUT2D eigenvalue weighted by molar-refractivity contribution is 0.928. The molecule has 116 valence electrons. The molecule has 0 spiro atoms. The molecule has 0 atom stereocenters. The van der Waals surface area contributed by atoms with Gasteiger partial charge in [-0.1, -0.05) is 12.1 Å². The minimum absolute atomic E-state index is 0.617. The average molecular weight is 306 g/mol. The van der Waals surface area contributed by atoms with E-state index in [0.29, 0.717) is 5.95 Å². The molecule has 1 fully saturated rings. The summed E-state index contributed by atoms with van der Waals surface area (Å²) in [4.78, 5) is 20.2. The standard InChI is InChI=1S/C17H18N6/c1-18-17-20-9-13-5-4-12(8-14(13)22-17)15-10-19-11-16(21-15)23-6-2-3-7-23/h4-5,8-11H,2-3,6-7H2,1H3,(H,18,20,22). The molecule has 3 heterocycles. The quantitative estimate of drug-likeness (QED) is 0.802. The van der Waals surface area contributed by atoms with Crippen molar-refractivity contribution < 1.29 is 0 Å². The van der Waals surface area contributed by atoms with Gasteiger partial charge in [0.15, 0.2) is 0 Å². The zero-order valence-corrected chi connectivity index (χ0v) is 13.0. The predicted octanol–water partition coefficient (Wildman–Crippen LogP) is 2.73. The minimum Gasteiger partial charge on any atom is -0.357 e. The molecule has 1 saturated heterocycles. The Morgan fingerprint density at radius 2 is 1.91 bits per heavy atom. The monoisotopic (exact) mass is 306 g/mol. The van der Waals surface area contributed by atoms with Crippen LogP contribution in [0, 0.1) is 0 Å². The summed E-state index contributed by atoms with van der Waals surface area (Å²) in [5.74, 6) is 1.57. The molecule has 0 amide bonds. The molecule has 0 unspecified atom stereocenters. The Kier molecular flexibility index (Phi) is 3.49. The van der Waals surface area contributed by atoms with E-state index in [1.807, 2.05) is 37.6 Å². The minimum atomic E-state index is 0.617. The summed E-state index contributed by atoms with van der Waals surface area (Å²) in [5.41, 5.74) is 2.79. The summed E-state index contributed by atoms with van der Waals surface area (Å²) in [7, 11) is 1.82. The largest absolute Gasteiger partial charge is 0.357 e. The van der Waals surface area contributed by atoms with E-state index in [9.17, 15) is 0 Å². The van der Waals surface area contributed by atoms with Crippen LogP contribution in [0.1, 0.15) is 12.8 Å². The third-order valence-electron chi connectivity index (χ3n) is 4.15. The van der Waals surface area contributed by atoms with Crippen molar-refractivity contribution in [3.05, 3.63) is 36.8 Å². The Hall–Kier alpha value is -2.76. The molecule has 1 aromatic carbocycles. The molecule has 1 aliphatic rings. The van der Waals surface area contributed by atoms with Crippen LogP contribution in [0.25, 0.3) is 22.2 Å². The third kappa shape index (κ3) is 2.67. The van der Waals surface area contributed by atoms with Crippen LogP contribution in [0.3, 0.4) is 0 Å². The molecule has 4 rings (SSSR count). The highest BCUT2D eigenvalue weighted by Crippen LogP contribution is 2.24. The zero-order chi connectivity index (χ0) is 15.6. The maximum Gasteiger partial charge on any atom is 0.222 e. The van der Waals surface area contributed by atoms with Crippen LogP contribution >= 0.6 is 0 Å². The van der Waals surface area contributed by atoms with Crippen molar-refractivity contribution in [1.29, 1.82) is 0 Å². The van der Waals surface area contributed by atoms with Gasteiger partial charge >= 0.3 is 0 Å². The number of anilines is 2. The first kappa shape index (κ1) is 13.9. The fourth-order valence-electron chi connectivity index (χ4n) is 2.90. The SMILES string of the molecule is CNc1ncc2ccc(-c3cncc(N4CCCC4)n3)cc2n1. The van der Waals surface area contributed by atoms with Gasteiger partial charge in [-0.15, -0.1) is 0 Å². The predicted molar refractivity (Wildman–Crippen MR) is 91.6 cm³/mol. The molecule has 0 saturated carbocycles. The van der Waals surface area contributed by atoms with Gasteiger partial charge in [0.1, 0.15) is 5.82 Å². The molecule has 2 aromatic heterocycles. The van der Waals surface area contributed by atoms with Crippen LogP contribution in [-0.4, -0.2) is 40.1 Å². The van der Waals surface area contributed by atoms with Gasteiger partial charge in [-0.25, -0.2) is 15.0 Å². The summed E-state index contributed by atoms with van der Waals surface area (Å²) >= 11 is 0. The van der Waals surface area contributed by atoms with Gasteiger partial charge in [-0.3, -0.25) is 4.98 Å². The molecular formula is C17H18N6. The number of aromatic nitrogens is 4. The van der Waals surface area contributed by atoms with Gasteiger partial charge in [0.2, 0.25) is 5.95 Å². The fraction of sp³-hybridized carbons (Fsp3) is 0.294. The topological polar surface area (TPSA) is 66.8 Å². The van der Waals surface area contributed by atoms with Gasteiger partial charge in [-0.05, 0) is 18.9 Å². The molecule has 3 aromatic rings. The van der Waals surface area contributed by atoms with Gasteiger partial charge in [0.25, 0.3) is 0 Å². The van der Waals surface area contributed by atoms with Gasteiger partial charge in [-0.2, -0.15) is 0 Å². The highest BCUT2D eigenvalue weighted by atomic mass is 15.2. The lowest BCUT2D eigenvalue weighted by Gasteiger charge is -2.16. The summed E-state index contributed by atoms with van der Waals surface area (Å²) in [5, 5.41) is 3.98. The Balaban J connectivity index is 1.74. The molecule has 6 nitrogen and oxygen atoms in total. The molecule has 6 heteroatoms. The number of hydrogen-bond acceptors (Lipinski definition) is 6. The lowest BCUT2D eigenvalue weighted by Crippen LogP contribution is -2.19. The second-order valence-corrected chi connectivity index (χ2v) is 5.67. The number of nitrogens with zero attached hydrogens (tertiary/aromatic N) is 5. The van der Waals surface area contributed by atoms with Crippen molar-refractivity contribution in [2.24, 2.45) is 0 Å². The van der Waals surface area contributed by atoms with E-state index in [0.717, 1.165) is 41.1 Å². The second-order valence-electron chi connectivity index (χ2n) is 5.67. The van der Waals surface area contributed by atoms with E-state index in [1.165, 1.54) is 12.8 Å². The Morgan fingerprint density at radius 3 is 2.74 bits per heavy atom. The van der Waals surface area contributed by atoms with Crippen LogP contribution in [0.2, 0.25) is 0 Å². The summed E-state index contributed by atoms with van der Waals surface area (Å²) in [6.07, 6.45) is 7.93. The van der Waals surface area contributed by atoms with Crippen LogP contribution in [0.4, 0.5) is 11.8 Å². The fourth-order valence-corrected chi connectivity index (χ4v) is 2.90. The maximum absolute atomic E-state index is 4.78. The van der Waals surface area contributed by atoms with E-state index in [4.69, 9.17) is 4.98 Å². The van der Waals surface area contributed by atoms with Crippen molar-refractivity contribution in [2.45, 2.75) is 12.8 Å². The van der Waals surface area contributed by atoms with Crippen LogP contribution < -0.4 is 10.2 Å². The molecule has 1 aliphatic heterocycles. The van der Waals surface area contributed by atoms with E-state index >= 15 is 0 Å². The molecule has 23 heavy (non-hydrogen) atoms. The van der Waals surface area contributed by atoms with E-state index in [-0.39, 0.29) is 0 Å². The zero-order valence-electron chi connectivity index (χ0n) is 13.0. The van der Waals surface area contributed by atoms with Crippen LogP contribution in [0.5, 0.6) is 0 Å². The van der Waals surface area contributed by atoms with Crippen LogP contribution in [0.15, 0.2) is 36.8 Å². The number of nitrogens with one attached hydrogen (secondary N) is 1. The molecule has 0 radical (unpaired) electrons. The van der Waals surface area contributed by atoms with Crippen molar-refractivity contribution in [3.8, 4) is 11.3 Å². The Bertz CT molecular complexity index is 841. The highest BCUT2D eigenvalue weighted by molar-refractivity contribution is 5.83. The molecule has 0 bridgehead atoms. The number of rotatable bonds is 3. The third-order valence-corrected chi connectivity index (χ3v) is 4.15. The normalized spacial score (nSPS) is 14.4. The first-order valence-electron chi connectivity index (χ1n) is 7.85. The first-order valence-corrected chi connectivity index (χ1v) is 7.85. The maximum atomic E-state index is 4.78. The smallest absolute Gasteiger partial charge is 0.222 e. The van der Waals surface area contributed by atoms with E-state index in [2.05, 4.69) is 25.2 Å². The first-order chi connectivity index (χ1) is 11.3. The Morgan fingerprint density at radius 1 is 1.04 bits per heavy atom. The summed E-state index contributed by atoms with van der Waals surface area (Å²) in [6.45, 7) is 2.13. The number of benzene rings is 1. The summed E-state index contributed by atoms with van der Waals surface area (Å²) in [6, 6.07) is 6.10. The van der Waals surface area contributed by atoms with Crippen molar-refractivity contribution >= 4 is 22.7 Å². The second kappa shape index (κ2) is 5.79. The van der Waals surface area contributed by atoms with Crippen molar-refractivity contribution in [3.63, 3.8) is 0 Å². The van der Waals surface area contributed by atoms with Crippen molar-refractivity contribution in [1.82, 2.24) is 19.9 Å². The summed E-state index contributed by atoms with van der Waals surface area (Å²) < 4.78 is 0. The van der Waals surface area contributed by atoms with Gasteiger partial charge < -0.3 is 10.2 Å². The molecule has 1 N–H and O–H groups in total. The van der Waals surface area contributed by atoms with E-state index in [1.54, 1.807) is 6.20 Å². The Labute approximate surface area is 134 Å². The van der Waals surface area contributed by atoms with Gasteiger partial charge in [0, 0.05) is 37.3 Å². The van der Waals surface area contributed by atoms with Crippen molar-refractivity contribution in [2.75, 3.05) is 30.4 Å². The van der Waals surface area contributed by atoms with Crippen LogP contribution in [-0.2, 0) is 0 Å². The average Bonchev–Trinajstić information content (AvgIpc) is 3.15. The lowest BCUT2D eigenvalue weighted by atomic mass is 10.1. The van der Waals surface area contributed by atoms with Gasteiger partial charge in [0.05, 0.1) is 23.6 Å². The highest BCUT2D eigenvalue weighted by Gasteiger charge is 2.14. The molecule has 0 aliphatic carbocycles. The molecular weight excluding hydrogens is 288 g/mol.